The highest BCUT2D eigenvalue weighted by molar-refractivity contribution is 8.15. The number of anilines is 1. The van der Waals surface area contributed by atoms with E-state index in [4.69, 9.17) is 4.74 Å². The third-order valence-corrected chi connectivity index (χ3v) is 6.16. The number of thioether (sulfide) groups is 1. The predicted molar refractivity (Wildman–Crippen MR) is 94.4 cm³/mol. The second kappa shape index (κ2) is 7.04. The van der Waals surface area contributed by atoms with Crippen LogP contribution in [0.25, 0.3) is 0 Å². The fourth-order valence-corrected chi connectivity index (χ4v) is 4.84. The van der Waals surface area contributed by atoms with Gasteiger partial charge in [-0.1, -0.05) is 11.8 Å². The number of imide groups is 1. The van der Waals surface area contributed by atoms with Crippen LogP contribution in [-0.4, -0.2) is 44.8 Å². The lowest BCUT2D eigenvalue weighted by molar-refractivity contribution is -0.129. The molecule has 2 heterocycles. The molecular weight excluding hydrogens is 366 g/mol. The van der Waals surface area contributed by atoms with Crippen LogP contribution >= 0.6 is 11.8 Å². The smallest absolute Gasteiger partial charge is 0.267 e. The number of hydrogen-bond acceptors (Lipinski definition) is 7. The van der Waals surface area contributed by atoms with Gasteiger partial charge in [-0.25, -0.2) is 8.42 Å². The van der Waals surface area contributed by atoms with Crippen molar-refractivity contribution >= 4 is 44.5 Å². The molecule has 0 unspecified atom stereocenters. The van der Waals surface area contributed by atoms with E-state index in [1.165, 1.54) is 37.1 Å². The first-order chi connectivity index (χ1) is 11.9. The Morgan fingerprint density at radius 1 is 1.24 bits per heavy atom. The van der Waals surface area contributed by atoms with Gasteiger partial charge in [-0.15, -0.1) is 0 Å². The van der Waals surface area contributed by atoms with Crippen LogP contribution in [0.5, 0.6) is 5.75 Å². The van der Waals surface area contributed by atoms with Gasteiger partial charge < -0.3 is 4.74 Å². The van der Waals surface area contributed by atoms with Crippen molar-refractivity contribution < 1.29 is 22.7 Å². The quantitative estimate of drug-likeness (QED) is 0.781. The van der Waals surface area contributed by atoms with Crippen molar-refractivity contribution in [2.24, 2.45) is 4.99 Å². The molecule has 0 spiro atoms. The summed E-state index contributed by atoms with van der Waals surface area (Å²) in [5.41, 5.74) is 0.219. The molecule has 25 heavy (non-hydrogen) atoms. The van der Waals surface area contributed by atoms with Crippen molar-refractivity contribution in [3.63, 3.8) is 0 Å². The summed E-state index contributed by atoms with van der Waals surface area (Å²) < 4.78 is 32.9. The summed E-state index contributed by atoms with van der Waals surface area (Å²) in [4.78, 5) is 29.1. The van der Waals surface area contributed by atoms with E-state index in [0.29, 0.717) is 23.9 Å². The minimum atomic E-state index is -3.96. The summed E-state index contributed by atoms with van der Waals surface area (Å²) in [7, 11) is -2.60. The molecular formula is C15H17N3O5S2. The van der Waals surface area contributed by atoms with Crippen molar-refractivity contribution in [1.29, 1.82) is 0 Å². The highest BCUT2D eigenvalue weighted by Gasteiger charge is 2.30. The number of aliphatic imine (C=N–C) groups is 1. The molecule has 2 aliphatic rings. The Kier molecular flexibility index (Phi) is 5.00. The minimum absolute atomic E-state index is 0.122. The Labute approximate surface area is 149 Å². The third kappa shape index (κ3) is 3.64. The van der Waals surface area contributed by atoms with Crippen LogP contribution in [0.2, 0.25) is 0 Å². The predicted octanol–water partition coefficient (Wildman–Crippen LogP) is 1.12. The maximum absolute atomic E-state index is 12.7. The molecule has 1 N–H and O–H groups in total. The zero-order valence-corrected chi connectivity index (χ0v) is 15.2. The zero-order chi connectivity index (χ0) is 18.0. The van der Waals surface area contributed by atoms with Crippen LogP contribution in [0.1, 0.15) is 19.3 Å². The number of ether oxygens (including phenoxy) is 1. The molecule has 0 bridgehead atoms. The number of methoxy groups -OCH3 is 1. The summed E-state index contributed by atoms with van der Waals surface area (Å²) in [5.74, 6) is 0.157. The SMILES string of the molecule is COc1ccc(N2C(=O)CCCC2=O)cc1S(=O)(=O)NC1=NCCS1. The number of amides is 2. The lowest BCUT2D eigenvalue weighted by Gasteiger charge is -2.25. The number of benzene rings is 1. The number of carbonyl (C=O) groups is 2. The largest absolute Gasteiger partial charge is 0.495 e. The van der Waals surface area contributed by atoms with Gasteiger partial charge in [0.1, 0.15) is 10.6 Å². The maximum atomic E-state index is 12.7. The van der Waals surface area contributed by atoms with E-state index < -0.39 is 10.0 Å². The van der Waals surface area contributed by atoms with Gasteiger partial charge in [-0.2, -0.15) is 0 Å². The summed E-state index contributed by atoms with van der Waals surface area (Å²) in [6, 6.07) is 4.21. The van der Waals surface area contributed by atoms with Gasteiger partial charge in [-0.3, -0.25) is 24.2 Å². The number of nitrogens with zero attached hydrogens (tertiary/aromatic N) is 2. The van der Waals surface area contributed by atoms with E-state index in [-0.39, 0.29) is 41.0 Å². The van der Waals surface area contributed by atoms with Crippen LogP contribution < -0.4 is 14.4 Å². The second-order valence-corrected chi connectivity index (χ2v) is 8.19. The van der Waals surface area contributed by atoms with Crippen LogP contribution in [0.3, 0.4) is 0 Å². The van der Waals surface area contributed by atoms with Gasteiger partial charge in [0.15, 0.2) is 5.17 Å². The fourth-order valence-electron chi connectivity index (χ4n) is 2.62. The topological polar surface area (TPSA) is 105 Å². The molecule has 1 fully saturated rings. The molecule has 1 aromatic carbocycles. The average molecular weight is 383 g/mol. The average Bonchev–Trinajstić information content (AvgIpc) is 3.07. The Hall–Kier alpha value is -2.07. The number of amidine groups is 1. The molecule has 134 valence electrons. The van der Waals surface area contributed by atoms with Gasteiger partial charge in [0, 0.05) is 18.6 Å². The number of hydrogen-bond donors (Lipinski definition) is 1. The summed E-state index contributed by atoms with van der Waals surface area (Å²) in [6.45, 7) is 0.552. The van der Waals surface area contributed by atoms with Crippen molar-refractivity contribution in [2.75, 3.05) is 24.3 Å². The number of nitrogens with one attached hydrogen (secondary N) is 1. The van der Waals surface area contributed by atoms with E-state index in [0.717, 1.165) is 4.90 Å². The zero-order valence-electron chi connectivity index (χ0n) is 13.5. The highest BCUT2D eigenvalue weighted by Crippen LogP contribution is 2.31. The van der Waals surface area contributed by atoms with E-state index in [2.05, 4.69) is 9.71 Å². The summed E-state index contributed by atoms with van der Waals surface area (Å²) in [6.07, 6.45) is 1.02. The molecule has 10 heteroatoms. The first kappa shape index (κ1) is 17.7. The van der Waals surface area contributed by atoms with E-state index in [1.54, 1.807) is 0 Å². The molecule has 3 rings (SSSR count). The van der Waals surface area contributed by atoms with Crippen LogP contribution in [0.15, 0.2) is 28.1 Å². The monoisotopic (exact) mass is 383 g/mol. The maximum Gasteiger partial charge on any atom is 0.267 e. The number of carbonyl (C=O) groups excluding carboxylic acids is 2. The van der Waals surface area contributed by atoms with Crippen molar-refractivity contribution in [1.82, 2.24) is 4.72 Å². The molecule has 2 amide bonds. The van der Waals surface area contributed by atoms with Crippen molar-refractivity contribution in [3.05, 3.63) is 18.2 Å². The van der Waals surface area contributed by atoms with E-state index in [9.17, 15) is 18.0 Å². The van der Waals surface area contributed by atoms with E-state index >= 15 is 0 Å². The van der Waals surface area contributed by atoms with Gasteiger partial charge in [0.2, 0.25) is 11.8 Å². The summed E-state index contributed by atoms with van der Waals surface area (Å²) in [5, 5.41) is 0.317. The number of rotatable bonds is 4. The first-order valence-electron chi connectivity index (χ1n) is 7.66. The molecule has 8 nitrogen and oxygen atoms in total. The second-order valence-electron chi connectivity index (χ2n) is 5.45. The lowest BCUT2D eigenvalue weighted by atomic mass is 10.1. The van der Waals surface area contributed by atoms with Crippen molar-refractivity contribution in [3.8, 4) is 5.75 Å². The van der Waals surface area contributed by atoms with Gasteiger partial charge >= 0.3 is 0 Å². The van der Waals surface area contributed by atoms with E-state index in [1.807, 2.05) is 0 Å². The molecule has 2 aliphatic heterocycles. The molecule has 0 aliphatic carbocycles. The van der Waals surface area contributed by atoms with Crippen LogP contribution in [0, 0.1) is 0 Å². The number of piperidine rings is 1. The van der Waals surface area contributed by atoms with Crippen molar-refractivity contribution in [2.45, 2.75) is 24.2 Å². The van der Waals surface area contributed by atoms with Crippen LogP contribution in [0.4, 0.5) is 5.69 Å². The Bertz CT molecular complexity index is 835. The molecule has 0 saturated carbocycles. The third-order valence-electron chi connectivity index (χ3n) is 3.78. The van der Waals surface area contributed by atoms with Gasteiger partial charge in [0.05, 0.1) is 19.3 Å². The standard InChI is InChI=1S/C15H17N3O5S2/c1-23-11-6-5-10(18-13(19)3-2-4-14(18)20)9-12(11)25(21,22)17-15-16-7-8-24-15/h5-6,9H,2-4,7-8H2,1H3,(H,16,17). The Morgan fingerprint density at radius 2 is 1.96 bits per heavy atom. The van der Waals surface area contributed by atoms with Crippen LogP contribution in [-0.2, 0) is 19.6 Å². The normalized spacial score (nSPS) is 18.3. The number of sulfonamides is 1. The lowest BCUT2D eigenvalue weighted by Crippen LogP contribution is -2.40. The Morgan fingerprint density at radius 3 is 2.56 bits per heavy atom. The fraction of sp³-hybridized carbons (Fsp3) is 0.400. The molecule has 1 aromatic rings. The molecule has 0 radical (unpaired) electrons. The molecule has 1 saturated heterocycles. The molecule has 0 aromatic heterocycles. The molecule has 0 atom stereocenters. The van der Waals surface area contributed by atoms with Gasteiger partial charge in [0.25, 0.3) is 10.0 Å². The first-order valence-corrected chi connectivity index (χ1v) is 10.1. The highest BCUT2D eigenvalue weighted by atomic mass is 32.2. The Balaban J connectivity index is 2.00. The summed E-state index contributed by atoms with van der Waals surface area (Å²) >= 11 is 1.31. The van der Waals surface area contributed by atoms with Gasteiger partial charge in [-0.05, 0) is 24.6 Å². The minimum Gasteiger partial charge on any atom is -0.495 e.